The maximum atomic E-state index is 11.3. The van der Waals surface area contributed by atoms with Crippen molar-refractivity contribution in [3.63, 3.8) is 0 Å². The maximum absolute atomic E-state index is 11.3. The molecule has 0 radical (unpaired) electrons. The number of aliphatic hydroxyl groups excluding tert-OH is 1. The number of nitrogens with zero attached hydrogens (tertiary/aromatic N) is 1. The number of halogens is 1. The fourth-order valence-electron chi connectivity index (χ4n) is 2.69. The first-order valence-corrected chi connectivity index (χ1v) is 8.00. The van der Waals surface area contributed by atoms with Gasteiger partial charge in [0.1, 0.15) is 0 Å². The van der Waals surface area contributed by atoms with Crippen LogP contribution in [0, 0.1) is 16.0 Å². The number of nitro groups is 1. The lowest BCUT2D eigenvalue weighted by atomic mass is 9.89. The van der Waals surface area contributed by atoms with Crippen LogP contribution >= 0.6 is 15.9 Å². The van der Waals surface area contributed by atoms with Gasteiger partial charge in [-0.25, -0.2) is 0 Å². The van der Waals surface area contributed by atoms with Gasteiger partial charge in [-0.3, -0.25) is 10.1 Å². The molecular weight excluding hydrogens is 338 g/mol. The van der Waals surface area contributed by atoms with Crippen molar-refractivity contribution in [1.82, 2.24) is 0 Å². The molecule has 1 N–H and O–H groups in total. The summed E-state index contributed by atoms with van der Waals surface area (Å²) in [5.41, 5.74) is 0.355. The van der Waals surface area contributed by atoms with Crippen LogP contribution in [0.15, 0.2) is 16.6 Å². The standard InChI is InChI=1S/C15H20BrNO4/c1-9-3-5-12(6-4-9)21-15-13(10(2)18)7-11(16)8-14(15)17(19)20/h7-10,12,18H,3-6H2,1-2H3/t9?,10-,12?/m0/s1. The van der Waals surface area contributed by atoms with Crippen LogP contribution in [-0.4, -0.2) is 16.1 Å². The third kappa shape index (κ3) is 3.95. The Morgan fingerprint density at radius 2 is 2.00 bits per heavy atom. The fraction of sp³-hybridized carbons (Fsp3) is 0.600. The van der Waals surface area contributed by atoms with E-state index < -0.39 is 11.0 Å². The lowest BCUT2D eigenvalue weighted by Gasteiger charge is -2.27. The minimum absolute atomic E-state index is 0.0152. The molecule has 21 heavy (non-hydrogen) atoms. The number of hydrogen-bond donors (Lipinski definition) is 1. The Morgan fingerprint density at radius 1 is 1.38 bits per heavy atom. The quantitative estimate of drug-likeness (QED) is 0.641. The van der Waals surface area contributed by atoms with Crippen LogP contribution in [0.25, 0.3) is 0 Å². The van der Waals surface area contributed by atoms with Gasteiger partial charge < -0.3 is 9.84 Å². The zero-order valence-electron chi connectivity index (χ0n) is 12.2. The second-order valence-electron chi connectivity index (χ2n) is 5.78. The lowest BCUT2D eigenvalue weighted by molar-refractivity contribution is -0.386. The number of ether oxygens (including phenoxy) is 1. The van der Waals surface area contributed by atoms with Gasteiger partial charge in [0.05, 0.1) is 17.1 Å². The van der Waals surface area contributed by atoms with E-state index in [1.54, 1.807) is 13.0 Å². The molecule has 1 aromatic carbocycles. The summed E-state index contributed by atoms with van der Waals surface area (Å²) < 4.78 is 6.49. The summed E-state index contributed by atoms with van der Waals surface area (Å²) in [7, 11) is 0. The molecule has 116 valence electrons. The van der Waals surface area contributed by atoms with Gasteiger partial charge in [0.15, 0.2) is 0 Å². The second kappa shape index (κ2) is 6.75. The molecule has 1 aromatic rings. The summed E-state index contributed by atoms with van der Waals surface area (Å²) in [6.45, 7) is 3.79. The minimum Gasteiger partial charge on any atom is -0.483 e. The summed E-state index contributed by atoms with van der Waals surface area (Å²) in [5.74, 6) is 0.888. The van der Waals surface area contributed by atoms with Crippen LogP contribution in [0.3, 0.4) is 0 Å². The van der Waals surface area contributed by atoms with Crippen molar-refractivity contribution in [3.8, 4) is 5.75 Å². The van der Waals surface area contributed by atoms with Crippen LogP contribution in [0.2, 0.25) is 0 Å². The van der Waals surface area contributed by atoms with E-state index in [0.717, 1.165) is 25.7 Å². The summed E-state index contributed by atoms with van der Waals surface area (Å²) in [6, 6.07) is 3.10. The molecule has 1 aliphatic carbocycles. The highest BCUT2D eigenvalue weighted by atomic mass is 79.9. The van der Waals surface area contributed by atoms with E-state index in [-0.39, 0.29) is 17.5 Å². The van der Waals surface area contributed by atoms with Crippen molar-refractivity contribution in [2.75, 3.05) is 0 Å². The first-order valence-electron chi connectivity index (χ1n) is 7.21. The molecule has 1 atom stereocenters. The number of hydrogen-bond acceptors (Lipinski definition) is 4. The Kier molecular flexibility index (Phi) is 5.22. The van der Waals surface area contributed by atoms with E-state index >= 15 is 0 Å². The Bertz CT molecular complexity index is 525. The molecule has 0 saturated heterocycles. The zero-order valence-corrected chi connectivity index (χ0v) is 13.8. The first kappa shape index (κ1) is 16.2. The van der Waals surface area contributed by atoms with Crippen LogP contribution in [0.1, 0.15) is 51.2 Å². The molecule has 2 rings (SSSR count). The second-order valence-corrected chi connectivity index (χ2v) is 6.69. The SMILES string of the molecule is CC1CCC(Oc2c([C@H](C)O)cc(Br)cc2[N+](=O)[O-])CC1. The summed E-state index contributed by atoms with van der Waals surface area (Å²) in [5, 5.41) is 21.1. The lowest BCUT2D eigenvalue weighted by Crippen LogP contribution is -2.24. The van der Waals surface area contributed by atoms with E-state index in [9.17, 15) is 15.2 Å². The fourth-order valence-corrected chi connectivity index (χ4v) is 3.15. The topological polar surface area (TPSA) is 72.6 Å². The number of nitro benzene ring substituents is 1. The smallest absolute Gasteiger partial charge is 0.312 e. The molecule has 0 unspecified atom stereocenters. The first-order chi connectivity index (χ1) is 9.88. The highest BCUT2D eigenvalue weighted by Crippen LogP contribution is 2.40. The summed E-state index contributed by atoms with van der Waals surface area (Å²) in [6.07, 6.45) is 3.09. The molecule has 1 fully saturated rings. The molecule has 1 aliphatic rings. The number of benzene rings is 1. The highest BCUT2D eigenvalue weighted by molar-refractivity contribution is 9.10. The van der Waals surface area contributed by atoms with E-state index in [4.69, 9.17) is 4.74 Å². The van der Waals surface area contributed by atoms with Gasteiger partial charge in [-0.05, 0) is 44.6 Å². The third-order valence-corrected chi connectivity index (χ3v) is 4.41. The van der Waals surface area contributed by atoms with E-state index in [1.165, 1.54) is 6.07 Å². The van der Waals surface area contributed by atoms with Gasteiger partial charge in [-0.15, -0.1) is 0 Å². The van der Waals surface area contributed by atoms with Crippen molar-refractivity contribution in [2.45, 2.75) is 51.7 Å². The normalized spacial score (nSPS) is 23.6. The highest BCUT2D eigenvalue weighted by Gasteiger charge is 2.27. The summed E-state index contributed by atoms with van der Waals surface area (Å²) >= 11 is 3.25. The average Bonchev–Trinajstić information content (AvgIpc) is 2.42. The van der Waals surface area contributed by atoms with Crippen molar-refractivity contribution >= 4 is 21.6 Å². The Balaban J connectivity index is 2.33. The molecule has 0 aromatic heterocycles. The Morgan fingerprint density at radius 3 is 2.52 bits per heavy atom. The van der Waals surface area contributed by atoms with Crippen LogP contribution < -0.4 is 4.74 Å². The van der Waals surface area contributed by atoms with Crippen LogP contribution in [0.4, 0.5) is 5.69 Å². The van der Waals surface area contributed by atoms with Gasteiger partial charge in [0.2, 0.25) is 5.75 Å². The largest absolute Gasteiger partial charge is 0.483 e. The van der Waals surface area contributed by atoms with E-state index in [1.807, 2.05) is 0 Å². The minimum atomic E-state index is -0.821. The van der Waals surface area contributed by atoms with Crippen molar-refractivity contribution < 1.29 is 14.8 Å². The Labute approximate surface area is 132 Å². The van der Waals surface area contributed by atoms with Crippen LogP contribution in [0.5, 0.6) is 5.75 Å². The van der Waals surface area contributed by atoms with Crippen molar-refractivity contribution in [2.24, 2.45) is 5.92 Å². The molecule has 1 saturated carbocycles. The third-order valence-electron chi connectivity index (χ3n) is 3.96. The molecule has 0 spiro atoms. The van der Waals surface area contributed by atoms with Crippen LogP contribution in [-0.2, 0) is 0 Å². The number of rotatable bonds is 4. The molecule has 0 amide bonds. The molecule has 0 bridgehead atoms. The Hall–Kier alpha value is -1.14. The molecule has 0 heterocycles. The molecule has 5 nitrogen and oxygen atoms in total. The number of aliphatic hydroxyl groups is 1. The van der Waals surface area contributed by atoms with Gasteiger partial charge in [-0.1, -0.05) is 22.9 Å². The van der Waals surface area contributed by atoms with Crippen molar-refractivity contribution in [1.29, 1.82) is 0 Å². The van der Waals surface area contributed by atoms with E-state index in [0.29, 0.717) is 16.0 Å². The van der Waals surface area contributed by atoms with Gasteiger partial charge >= 0.3 is 5.69 Å². The van der Waals surface area contributed by atoms with E-state index in [2.05, 4.69) is 22.9 Å². The predicted octanol–water partition coefficient (Wildman–Crippen LogP) is 4.37. The molecular formula is C15H20BrNO4. The van der Waals surface area contributed by atoms with Crippen molar-refractivity contribution in [3.05, 3.63) is 32.3 Å². The van der Waals surface area contributed by atoms with Gasteiger partial charge in [-0.2, -0.15) is 0 Å². The molecule has 6 heteroatoms. The van der Waals surface area contributed by atoms with Gasteiger partial charge in [0, 0.05) is 16.1 Å². The zero-order chi connectivity index (χ0) is 15.6. The average molecular weight is 358 g/mol. The predicted molar refractivity (Wildman–Crippen MR) is 83.5 cm³/mol. The molecule has 0 aliphatic heterocycles. The summed E-state index contributed by atoms with van der Waals surface area (Å²) in [4.78, 5) is 10.8. The monoisotopic (exact) mass is 357 g/mol. The van der Waals surface area contributed by atoms with Gasteiger partial charge in [0.25, 0.3) is 0 Å². The maximum Gasteiger partial charge on any atom is 0.312 e.